The van der Waals surface area contributed by atoms with Crippen molar-refractivity contribution in [2.24, 2.45) is 5.92 Å². The Morgan fingerprint density at radius 3 is 2.95 bits per heavy atom. The highest BCUT2D eigenvalue weighted by Gasteiger charge is 2.13. The van der Waals surface area contributed by atoms with Crippen LogP contribution in [0.2, 0.25) is 0 Å². The summed E-state index contributed by atoms with van der Waals surface area (Å²) in [7, 11) is 3.45. The largest absolute Gasteiger partial charge is 0.478 e. The zero-order valence-electron chi connectivity index (χ0n) is 12.3. The molecular formula is C15H23N3O2. The highest BCUT2D eigenvalue weighted by molar-refractivity contribution is 5.93. The lowest BCUT2D eigenvalue weighted by molar-refractivity contribution is 0.0827. The Balaban J connectivity index is 1.77. The van der Waals surface area contributed by atoms with Crippen molar-refractivity contribution in [1.82, 2.24) is 15.2 Å². The van der Waals surface area contributed by atoms with Crippen molar-refractivity contribution in [2.75, 3.05) is 33.8 Å². The predicted octanol–water partition coefficient (Wildman–Crippen LogP) is 1.55. The van der Waals surface area contributed by atoms with E-state index in [2.05, 4.69) is 10.3 Å². The molecule has 1 unspecified atom stereocenters. The minimum atomic E-state index is -0.0441. The minimum Gasteiger partial charge on any atom is -0.478 e. The van der Waals surface area contributed by atoms with Crippen molar-refractivity contribution < 1.29 is 9.53 Å². The number of rotatable bonds is 5. The average Bonchev–Trinajstić information content (AvgIpc) is 2.48. The SMILES string of the molecule is CN(C)C(=O)c1ccc(OCCC2CCCNC2)nc1. The van der Waals surface area contributed by atoms with Crippen LogP contribution in [0.15, 0.2) is 18.3 Å². The maximum absolute atomic E-state index is 11.7. The van der Waals surface area contributed by atoms with Crippen molar-refractivity contribution >= 4 is 5.91 Å². The third-order valence-corrected chi connectivity index (χ3v) is 3.56. The number of carbonyl (C=O) groups excluding carboxylic acids is 1. The van der Waals surface area contributed by atoms with Crippen LogP contribution in [0.1, 0.15) is 29.6 Å². The average molecular weight is 277 g/mol. The number of hydrogen-bond acceptors (Lipinski definition) is 4. The molecule has 5 nitrogen and oxygen atoms in total. The van der Waals surface area contributed by atoms with Gasteiger partial charge < -0.3 is 15.0 Å². The smallest absolute Gasteiger partial charge is 0.254 e. The van der Waals surface area contributed by atoms with Crippen LogP contribution in [-0.4, -0.2) is 49.6 Å². The summed E-state index contributed by atoms with van der Waals surface area (Å²) in [6.07, 6.45) is 5.15. The van der Waals surface area contributed by atoms with Crippen LogP contribution in [0.4, 0.5) is 0 Å². The summed E-state index contributed by atoms with van der Waals surface area (Å²) in [5, 5.41) is 3.40. The third kappa shape index (κ3) is 4.20. The Bertz CT molecular complexity index is 425. The van der Waals surface area contributed by atoms with E-state index in [-0.39, 0.29) is 5.91 Å². The lowest BCUT2D eigenvalue weighted by Crippen LogP contribution is -2.30. The fourth-order valence-electron chi connectivity index (χ4n) is 2.35. The molecule has 1 aliphatic heterocycles. The van der Waals surface area contributed by atoms with Crippen molar-refractivity contribution in [2.45, 2.75) is 19.3 Å². The molecule has 0 aromatic carbocycles. The molecule has 2 heterocycles. The van der Waals surface area contributed by atoms with Crippen LogP contribution >= 0.6 is 0 Å². The number of aromatic nitrogens is 1. The van der Waals surface area contributed by atoms with Gasteiger partial charge in [-0.1, -0.05) is 0 Å². The fourth-order valence-corrected chi connectivity index (χ4v) is 2.35. The summed E-state index contributed by atoms with van der Waals surface area (Å²) in [5.41, 5.74) is 0.582. The van der Waals surface area contributed by atoms with Gasteiger partial charge in [0.05, 0.1) is 12.2 Å². The van der Waals surface area contributed by atoms with Gasteiger partial charge in [-0.2, -0.15) is 0 Å². The Kier molecular flexibility index (Phi) is 5.35. The Labute approximate surface area is 120 Å². The maximum atomic E-state index is 11.7. The summed E-state index contributed by atoms with van der Waals surface area (Å²) in [6, 6.07) is 3.52. The third-order valence-electron chi connectivity index (χ3n) is 3.56. The first-order chi connectivity index (χ1) is 9.66. The summed E-state index contributed by atoms with van der Waals surface area (Å²) in [6.45, 7) is 2.91. The van der Waals surface area contributed by atoms with E-state index in [9.17, 15) is 4.79 Å². The van der Waals surface area contributed by atoms with E-state index in [4.69, 9.17) is 4.74 Å². The number of ether oxygens (including phenoxy) is 1. The van der Waals surface area contributed by atoms with E-state index in [1.54, 1.807) is 32.4 Å². The molecular weight excluding hydrogens is 254 g/mol. The monoisotopic (exact) mass is 277 g/mol. The number of pyridine rings is 1. The standard InChI is InChI=1S/C15H23N3O2/c1-18(2)15(19)13-5-6-14(17-11-13)20-9-7-12-4-3-8-16-10-12/h5-6,11-12,16H,3-4,7-10H2,1-2H3. The molecule has 0 bridgehead atoms. The first kappa shape index (κ1) is 14.8. The molecule has 1 aromatic heterocycles. The van der Waals surface area contributed by atoms with E-state index in [1.165, 1.54) is 17.7 Å². The fraction of sp³-hybridized carbons (Fsp3) is 0.600. The topological polar surface area (TPSA) is 54.5 Å². The van der Waals surface area contributed by atoms with E-state index in [0.717, 1.165) is 19.5 Å². The molecule has 1 N–H and O–H groups in total. The van der Waals surface area contributed by atoms with Crippen molar-refractivity contribution in [3.63, 3.8) is 0 Å². The lowest BCUT2D eigenvalue weighted by atomic mass is 9.97. The Hall–Kier alpha value is -1.62. The highest BCUT2D eigenvalue weighted by Crippen LogP contribution is 2.15. The van der Waals surface area contributed by atoms with Gasteiger partial charge in [-0.25, -0.2) is 4.98 Å². The van der Waals surface area contributed by atoms with Gasteiger partial charge in [0, 0.05) is 26.4 Å². The number of amides is 1. The number of nitrogens with zero attached hydrogens (tertiary/aromatic N) is 2. The van der Waals surface area contributed by atoms with E-state index < -0.39 is 0 Å². The quantitative estimate of drug-likeness (QED) is 0.887. The normalized spacial score (nSPS) is 18.6. The molecule has 1 saturated heterocycles. The van der Waals surface area contributed by atoms with Crippen molar-refractivity contribution in [1.29, 1.82) is 0 Å². The lowest BCUT2D eigenvalue weighted by Gasteiger charge is -2.22. The van der Waals surface area contributed by atoms with Gasteiger partial charge in [-0.3, -0.25) is 4.79 Å². The van der Waals surface area contributed by atoms with Gasteiger partial charge in [0.15, 0.2) is 0 Å². The molecule has 0 spiro atoms. The van der Waals surface area contributed by atoms with Gasteiger partial charge in [0.25, 0.3) is 5.91 Å². The summed E-state index contributed by atoms with van der Waals surface area (Å²) in [5.74, 6) is 1.25. The van der Waals surface area contributed by atoms with E-state index in [1.807, 2.05) is 0 Å². The summed E-state index contributed by atoms with van der Waals surface area (Å²) >= 11 is 0. The number of nitrogens with one attached hydrogen (secondary N) is 1. The van der Waals surface area contributed by atoms with Gasteiger partial charge in [-0.05, 0) is 44.3 Å². The van der Waals surface area contributed by atoms with Crippen molar-refractivity contribution in [3.8, 4) is 5.88 Å². The first-order valence-corrected chi connectivity index (χ1v) is 7.18. The molecule has 1 fully saturated rings. The van der Waals surface area contributed by atoms with Crippen LogP contribution in [0.5, 0.6) is 5.88 Å². The molecule has 110 valence electrons. The van der Waals surface area contributed by atoms with E-state index >= 15 is 0 Å². The molecule has 1 aromatic rings. The van der Waals surface area contributed by atoms with Crippen LogP contribution in [0.3, 0.4) is 0 Å². The molecule has 1 atom stereocenters. The van der Waals surface area contributed by atoms with Gasteiger partial charge in [-0.15, -0.1) is 0 Å². The molecule has 0 aliphatic carbocycles. The van der Waals surface area contributed by atoms with Gasteiger partial charge in [0.2, 0.25) is 5.88 Å². The molecule has 0 radical (unpaired) electrons. The number of hydrogen-bond donors (Lipinski definition) is 1. The number of piperidine rings is 1. The zero-order valence-corrected chi connectivity index (χ0v) is 12.3. The summed E-state index contributed by atoms with van der Waals surface area (Å²) in [4.78, 5) is 17.4. The molecule has 5 heteroatoms. The predicted molar refractivity (Wildman–Crippen MR) is 78.0 cm³/mol. The van der Waals surface area contributed by atoms with Crippen LogP contribution < -0.4 is 10.1 Å². The second-order valence-electron chi connectivity index (χ2n) is 5.43. The van der Waals surface area contributed by atoms with Crippen molar-refractivity contribution in [3.05, 3.63) is 23.9 Å². The van der Waals surface area contributed by atoms with Gasteiger partial charge >= 0.3 is 0 Å². The van der Waals surface area contributed by atoms with Crippen LogP contribution in [-0.2, 0) is 0 Å². The molecule has 1 aliphatic rings. The summed E-state index contributed by atoms with van der Waals surface area (Å²) < 4.78 is 5.64. The highest BCUT2D eigenvalue weighted by atomic mass is 16.5. The maximum Gasteiger partial charge on any atom is 0.254 e. The van der Waals surface area contributed by atoms with Gasteiger partial charge in [0.1, 0.15) is 0 Å². The van der Waals surface area contributed by atoms with Crippen LogP contribution in [0.25, 0.3) is 0 Å². The number of carbonyl (C=O) groups is 1. The second-order valence-corrected chi connectivity index (χ2v) is 5.43. The Morgan fingerprint density at radius 1 is 1.50 bits per heavy atom. The zero-order chi connectivity index (χ0) is 14.4. The molecule has 2 rings (SSSR count). The van der Waals surface area contributed by atoms with E-state index in [0.29, 0.717) is 24.0 Å². The first-order valence-electron chi connectivity index (χ1n) is 7.18. The molecule has 20 heavy (non-hydrogen) atoms. The van der Waals surface area contributed by atoms with Crippen LogP contribution in [0, 0.1) is 5.92 Å². The Morgan fingerprint density at radius 2 is 2.35 bits per heavy atom. The minimum absolute atomic E-state index is 0.0441. The molecule has 0 saturated carbocycles. The second kappa shape index (κ2) is 7.24. The molecule has 1 amide bonds.